The maximum Gasteiger partial charge on any atom is 0.184 e. The van der Waals surface area contributed by atoms with Crippen LogP contribution < -0.4 is 0 Å². The summed E-state index contributed by atoms with van der Waals surface area (Å²) in [6, 6.07) is 0. The van der Waals surface area contributed by atoms with Crippen molar-refractivity contribution < 1.29 is 24.5 Å². The first kappa shape index (κ1) is 59.4. The van der Waals surface area contributed by atoms with Gasteiger partial charge in [0.25, 0.3) is 0 Å². The van der Waals surface area contributed by atoms with Crippen molar-refractivity contribution in [3.8, 4) is 0 Å². The molecule has 0 aliphatic carbocycles. The molecule has 0 radical (unpaired) electrons. The molecule has 356 valence electrons. The minimum absolute atomic E-state index is 0.152. The van der Waals surface area contributed by atoms with Gasteiger partial charge in [-0.05, 0) is 128 Å². The molecular weight excluding hydrogens is 765 g/mol. The number of ether oxygens (including phenoxy) is 1. The molecule has 0 aliphatic rings. The third-order valence-corrected chi connectivity index (χ3v) is 11.5. The predicted octanol–water partition coefficient (Wildman–Crippen LogP) is 16.4. The Morgan fingerprint density at radius 3 is 1.05 bits per heavy atom. The maximum atomic E-state index is 14.1. The van der Waals surface area contributed by atoms with Gasteiger partial charge in [-0.2, -0.15) is 0 Å². The van der Waals surface area contributed by atoms with Gasteiger partial charge in [0.1, 0.15) is 6.10 Å². The average Bonchev–Trinajstić information content (AvgIpc) is 3.28. The summed E-state index contributed by atoms with van der Waals surface area (Å²) in [4.78, 5) is 28.3. The molecule has 0 saturated carbocycles. The van der Waals surface area contributed by atoms with Gasteiger partial charge in [0, 0.05) is 12.8 Å². The van der Waals surface area contributed by atoms with Crippen LogP contribution >= 0.6 is 0 Å². The fourth-order valence-corrected chi connectivity index (χ4v) is 7.48. The Balaban J connectivity index is 5.16. The van der Waals surface area contributed by atoms with Crippen molar-refractivity contribution in [2.45, 2.75) is 251 Å². The van der Waals surface area contributed by atoms with E-state index in [1.807, 2.05) is 0 Å². The topological polar surface area (TPSA) is 83.8 Å². The van der Waals surface area contributed by atoms with Gasteiger partial charge in [-0.25, -0.2) is 0 Å². The van der Waals surface area contributed by atoms with Crippen LogP contribution in [0.4, 0.5) is 0 Å². The fraction of sp³-hybridized carbons (Fsp3) is 0.719. The third-order valence-electron chi connectivity index (χ3n) is 11.5. The lowest BCUT2D eigenvalue weighted by Crippen LogP contribution is -2.50. The van der Waals surface area contributed by atoms with E-state index >= 15 is 0 Å². The number of carbonyl (C=O) groups excluding carboxylic acids is 2. The van der Waals surface area contributed by atoms with Gasteiger partial charge in [0.15, 0.2) is 17.2 Å². The fourth-order valence-electron chi connectivity index (χ4n) is 7.48. The van der Waals surface area contributed by atoms with Crippen molar-refractivity contribution in [2.24, 2.45) is 0 Å². The monoisotopic (exact) mass is 863 g/mol. The first-order valence-electron chi connectivity index (χ1n) is 26.0. The second-order valence-electron chi connectivity index (χ2n) is 17.4. The summed E-state index contributed by atoms with van der Waals surface area (Å²) < 4.78 is 6.21. The highest BCUT2D eigenvalue weighted by Gasteiger charge is 2.45. The Labute approximate surface area is 383 Å². The Morgan fingerprint density at radius 2 is 0.710 bits per heavy atom. The summed E-state index contributed by atoms with van der Waals surface area (Å²) in [6.45, 7) is 6.02. The van der Waals surface area contributed by atoms with Crippen molar-refractivity contribution in [3.63, 3.8) is 0 Å². The molecule has 1 unspecified atom stereocenters. The molecule has 0 aromatic rings. The van der Waals surface area contributed by atoms with Gasteiger partial charge < -0.3 is 14.9 Å². The molecule has 5 nitrogen and oxygen atoms in total. The van der Waals surface area contributed by atoms with Crippen LogP contribution in [-0.4, -0.2) is 46.7 Å². The van der Waals surface area contributed by atoms with Gasteiger partial charge in [-0.1, -0.05) is 183 Å². The van der Waals surface area contributed by atoms with Crippen molar-refractivity contribution in [3.05, 3.63) is 85.1 Å². The number of rotatable bonds is 47. The van der Waals surface area contributed by atoms with E-state index in [1.54, 1.807) is 0 Å². The highest BCUT2D eigenvalue weighted by atomic mass is 16.5. The normalized spacial score (nSPS) is 14.1. The van der Waals surface area contributed by atoms with E-state index in [0.717, 1.165) is 116 Å². The van der Waals surface area contributed by atoms with Crippen molar-refractivity contribution in [1.82, 2.24) is 0 Å². The van der Waals surface area contributed by atoms with Crippen LogP contribution in [0.15, 0.2) is 85.1 Å². The second kappa shape index (κ2) is 47.9. The average molecular weight is 863 g/mol. The minimum Gasteiger partial charge on any atom is -0.394 e. The zero-order valence-corrected chi connectivity index (χ0v) is 40.7. The smallest absolute Gasteiger partial charge is 0.184 e. The molecule has 2 N–H and O–H groups in total. The number of hydrogen-bond donors (Lipinski definition) is 2. The van der Waals surface area contributed by atoms with Crippen molar-refractivity contribution in [2.75, 3.05) is 13.2 Å². The molecule has 62 heavy (non-hydrogen) atoms. The number of hydrogen-bond acceptors (Lipinski definition) is 5. The Morgan fingerprint density at radius 1 is 0.419 bits per heavy atom. The summed E-state index contributed by atoms with van der Waals surface area (Å²) >= 11 is 0. The molecule has 0 spiro atoms. The van der Waals surface area contributed by atoms with Crippen molar-refractivity contribution in [1.29, 1.82) is 0 Å². The molecule has 0 bridgehead atoms. The van der Waals surface area contributed by atoms with Crippen molar-refractivity contribution >= 4 is 11.6 Å². The largest absolute Gasteiger partial charge is 0.394 e. The zero-order chi connectivity index (χ0) is 45.3. The molecule has 0 fully saturated rings. The number of aliphatic hydroxyl groups is 2. The zero-order valence-electron chi connectivity index (χ0n) is 40.7. The van der Waals surface area contributed by atoms with E-state index in [2.05, 4.69) is 106 Å². The second-order valence-corrected chi connectivity index (χ2v) is 17.4. The van der Waals surface area contributed by atoms with E-state index < -0.39 is 18.3 Å². The van der Waals surface area contributed by atoms with Crippen LogP contribution in [0.25, 0.3) is 0 Å². The Kier molecular flexibility index (Phi) is 45.9. The van der Waals surface area contributed by atoms with Crippen LogP contribution in [0.1, 0.15) is 239 Å². The van der Waals surface area contributed by atoms with E-state index in [-0.39, 0.29) is 18.2 Å². The summed E-state index contributed by atoms with van der Waals surface area (Å²) in [5, 5.41) is 19.9. The van der Waals surface area contributed by atoms with E-state index in [0.29, 0.717) is 25.7 Å². The molecule has 0 saturated heterocycles. The molecule has 0 rings (SSSR count). The molecule has 0 aliphatic heterocycles. The quantitative estimate of drug-likeness (QED) is 0.0362. The Hall–Kier alpha value is -2.60. The lowest BCUT2D eigenvalue weighted by Gasteiger charge is -2.32. The molecule has 0 amide bonds. The van der Waals surface area contributed by atoms with Gasteiger partial charge in [0.05, 0.1) is 13.2 Å². The van der Waals surface area contributed by atoms with Gasteiger partial charge in [-0.15, -0.1) is 0 Å². The van der Waals surface area contributed by atoms with Crippen LogP contribution in [0.2, 0.25) is 0 Å². The summed E-state index contributed by atoms with van der Waals surface area (Å²) in [7, 11) is 0. The van der Waals surface area contributed by atoms with Gasteiger partial charge in [0.2, 0.25) is 0 Å². The number of allylic oxidation sites excluding steroid dienone is 14. The predicted molar refractivity (Wildman–Crippen MR) is 270 cm³/mol. The maximum absolute atomic E-state index is 14.1. The number of unbranched alkanes of at least 4 members (excludes halogenated alkanes) is 21. The van der Waals surface area contributed by atoms with E-state index in [4.69, 9.17) is 4.74 Å². The number of ketones is 2. The highest BCUT2D eigenvalue weighted by molar-refractivity contribution is 6.10. The number of Topliss-reactive ketones (excluding diaryl/α,β-unsaturated/α-hetero) is 2. The Bertz CT molecular complexity index is 1150. The van der Waals surface area contributed by atoms with Gasteiger partial charge in [-0.3, -0.25) is 9.59 Å². The van der Waals surface area contributed by atoms with Crippen LogP contribution in [0, 0.1) is 0 Å². The SMILES string of the molecule is CCCCCC=CCC=CCC=CCCCCC(OCC(O)CO)(C(=O)CCCCCCCC=CCC=CCCCCC)C(=O)CCCCCCCC=CCC=CCCCCC. The van der Waals surface area contributed by atoms with Crippen LogP contribution in [0.3, 0.4) is 0 Å². The van der Waals surface area contributed by atoms with E-state index in [9.17, 15) is 19.8 Å². The first-order valence-corrected chi connectivity index (χ1v) is 26.0. The molecule has 1 atom stereocenters. The molecule has 0 aromatic carbocycles. The van der Waals surface area contributed by atoms with E-state index in [1.165, 1.54) is 77.0 Å². The molecular formula is C57H98O5. The highest BCUT2D eigenvalue weighted by Crippen LogP contribution is 2.29. The first-order chi connectivity index (χ1) is 30.5. The summed E-state index contributed by atoms with van der Waals surface area (Å²) in [5.74, 6) is -0.304. The van der Waals surface area contributed by atoms with Gasteiger partial charge >= 0.3 is 0 Å². The molecule has 5 heteroatoms. The molecule has 0 aromatic heterocycles. The number of aliphatic hydroxyl groups excluding tert-OH is 2. The lowest BCUT2D eigenvalue weighted by molar-refractivity contribution is -0.164. The van der Waals surface area contributed by atoms with Crippen LogP contribution in [-0.2, 0) is 14.3 Å². The number of carbonyl (C=O) groups is 2. The standard InChI is InChI=1S/C57H98O5/c1-4-7-10-13-16-19-22-25-28-31-34-37-40-43-46-49-55(60)57(62-53-54(59)52-58,51-48-45-42-39-36-33-30-27-24-21-18-15-12-9-6-3)56(61)50-47-44-41-38-35-32-29-26-23-20-17-14-11-8-5-2/h16-21,25-30,36,39,54,58-59H,4-15,22-24,31-35,37-38,40-53H2,1-3H3. The minimum atomic E-state index is -1.56. The lowest BCUT2D eigenvalue weighted by atomic mass is 9.82. The van der Waals surface area contributed by atoms with Crippen LogP contribution in [0.5, 0.6) is 0 Å². The third kappa shape index (κ3) is 37.9. The molecule has 0 heterocycles. The summed E-state index contributed by atoms with van der Waals surface area (Å²) in [5.41, 5.74) is -1.56. The summed E-state index contributed by atoms with van der Waals surface area (Å²) in [6.07, 6.45) is 64.9.